The van der Waals surface area contributed by atoms with Gasteiger partial charge in [0, 0.05) is 28.4 Å². The van der Waals surface area contributed by atoms with Crippen LogP contribution in [0.5, 0.6) is 0 Å². The predicted octanol–water partition coefficient (Wildman–Crippen LogP) is 2.42. The quantitative estimate of drug-likeness (QED) is 0.684. The maximum absolute atomic E-state index is 12.7. The van der Waals surface area contributed by atoms with Crippen molar-refractivity contribution in [2.75, 3.05) is 0 Å². The summed E-state index contributed by atoms with van der Waals surface area (Å²) in [5.74, 6) is 0. The van der Waals surface area contributed by atoms with Gasteiger partial charge in [0.2, 0.25) is 0 Å². The number of halogens is 6. The molecular formula is C8H6ClF5N2O2S. The molecule has 0 aliphatic rings. The number of rotatable bonds is 3. The second-order valence-corrected chi connectivity index (χ2v) is 5.83. The number of pyridine rings is 1. The van der Waals surface area contributed by atoms with Crippen molar-refractivity contribution in [2.45, 2.75) is 24.2 Å². The van der Waals surface area contributed by atoms with Crippen LogP contribution in [0.3, 0.4) is 0 Å². The topological polar surface area (TPSA) is 73.1 Å². The van der Waals surface area contributed by atoms with E-state index < -0.39 is 50.0 Å². The molecule has 11 heteroatoms. The molecule has 0 saturated carbocycles. The third-order valence-corrected chi connectivity index (χ3v) is 3.28. The Morgan fingerprint density at radius 1 is 1.37 bits per heavy atom. The number of hydrogen-bond donors (Lipinski definition) is 1. The van der Waals surface area contributed by atoms with Crippen LogP contribution < -0.4 is 5.73 Å². The van der Waals surface area contributed by atoms with Crippen LogP contribution in [0.4, 0.5) is 22.0 Å². The molecule has 0 aromatic carbocycles. The van der Waals surface area contributed by atoms with Crippen LogP contribution in [0.2, 0.25) is 0 Å². The van der Waals surface area contributed by atoms with Gasteiger partial charge in [-0.2, -0.15) is 13.2 Å². The molecule has 0 aliphatic carbocycles. The Morgan fingerprint density at radius 2 is 1.89 bits per heavy atom. The van der Waals surface area contributed by atoms with Gasteiger partial charge in [0.1, 0.15) is 0 Å². The molecule has 4 nitrogen and oxygen atoms in total. The van der Waals surface area contributed by atoms with Crippen molar-refractivity contribution in [2.24, 2.45) is 5.73 Å². The number of alkyl halides is 5. The van der Waals surface area contributed by atoms with Crippen LogP contribution in [0.1, 0.15) is 23.2 Å². The van der Waals surface area contributed by atoms with Gasteiger partial charge < -0.3 is 5.73 Å². The standard InChI is InChI=1S/C8H6ClF5N2O2S/c9-19(17,18)5-1-3(7(10)11)4(2-15)6(16-5)8(12,13)14/h1,7H,2,15H2. The van der Waals surface area contributed by atoms with Gasteiger partial charge in [-0.3, -0.25) is 0 Å². The second-order valence-electron chi connectivity index (χ2n) is 3.32. The Kier molecular flexibility index (Phi) is 4.37. The van der Waals surface area contributed by atoms with Gasteiger partial charge in [0.15, 0.2) is 10.7 Å². The molecule has 0 fully saturated rings. The van der Waals surface area contributed by atoms with E-state index in [0.717, 1.165) is 0 Å². The first-order valence-electron chi connectivity index (χ1n) is 4.52. The molecule has 0 radical (unpaired) electrons. The average Bonchev–Trinajstić information content (AvgIpc) is 2.24. The highest BCUT2D eigenvalue weighted by Gasteiger charge is 2.38. The molecule has 1 aromatic heterocycles. The molecule has 0 spiro atoms. The molecule has 1 rings (SSSR count). The zero-order valence-corrected chi connectivity index (χ0v) is 10.5. The van der Waals surface area contributed by atoms with Crippen molar-refractivity contribution in [1.82, 2.24) is 4.98 Å². The van der Waals surface area contributed by atoms with Gasteiger partial charge in [-0.15, -0.1) is 0 Å². The van der Waals surface area contributed by atoms with E-state index in [9.17, 15) is 30.4 Å². The Bertz CT molecular complexity index is 588. The molecule has 1 aromatic rings. The number of nitrogens with two attached hydrogens (primary N) is 1. The van der Waals surface area contributed by atoms with E-state index in [-0.39, 0.29) is 6.07 Å². The summed E-state index contributed by atoms with van der Waals surface area (Å²) in [7, 11) is 0.139. The molecule has 2 N–H and O–H groups in total. The monoisotopic (exact) mass is 324 g/mol. The van der Waals surface area contributed by atoms with Crippen molar-refractivity contribution in [1.29, 1.82) is 0 Å². The van der Waals surface area contributed by atoms with Crippen molar-refractivity contribution < 1.29 is 30.4 Å². The first kappa shape index (κ1) is 16.1. The van der Waals surface area contributed by atoms with Crippen molar-refractivity contribution in [3.8, 4) is 0 Å². The van der Waals surface area contributed by atoms with Crippen LogP contribution in [0.25, 0.3) is 0 Å². The van der Waals surface area contributed by atoms with Gasteiger partial charge in [-0.05, 0) is 6.07 Å². The van der Waals surface area contributed by atoms with E-state index in [1.807, 2.05) is 0 Å². The lowest BCUT2D eigenvalue weighted by molar-refractivity contribution is -0.142. The summed E-state index contributed by atoms with van der Waals surface area (Å²) in [5, 5.41) is -1.30. The number of nitrogens with zero attached hydrogens (tertiary/aromatic N) is 1. The van der Waals surface area contributed by atoms with E-state index in [1.165, 1.54) is 0 Å². The van der Waals surface area contributed by atoms with Crippen LogP contribution in [-0.2, 0) is 21.8 Å². The first-order valence-corrected chi connectivity index (χ1v) is 6.83. The first-order chi connectivity index (χ1) is 8.48. The molecular weight excluding hydrogens is 319 g/mol. The molecule has 108 valence electrons. The van der Waals surface area contributed by atoms with E-state index in [2.05, 4.69) is 4.98 Å². The fourth-order valence-electron chi connectivity index (χ4n) is 1.34. The molecule has 0 atom stereocenters. The zero-order chi connectivity index (χ0) is 15.0. The summed E-state index contributed by atoms with van der Waals surface area (Å²) in [6.45, 7) is -0.871. The Hall–Kier alpha value is -1.00. The van der Waals surface area contributed by atoms with Crippen LogP contribution in [0, 0.1) is 0 Å². The minimum Gasteiger partial charge on any atom is -0.326 e. The maximum atomic E-state index is 12.7. The normalized spacial score (nSPS) is 13.1. The molecule has 0 unspecified atom stereocenters. The Morgan fingerprint density at radius 3 is 2.21 bits per heavy atom. The molecule has 0 saturated heterocycles. The lowest BCUT2D eigenvalue weighted by atomic mass is 10.1. The van der Waals surface area contributed by atoms with Gasteiger partial charge in [-0.1, -0.05) is 0 Å². The lowest BCUT2D eigenvalue weighted by Gasteiger charge is -2.15. The van der Waals surface area contributed by atoms with Gasteiger partial charge in [-0.25, -0.2) is 22.2 Å². The predicted molar refractivity (Wildman–Crippen MR) is 55.1 cm³/mol. The van der Waals surface area contributed by atoms with Gasteiger partial charge in [0.25, 0.3) is 15.5 Å². The minimum atomic E-state index is -5.13. The summed E-state index contributed by atoms with van der Waals surface area (Å²) < 4.78 is 85.2. The van der Waals surface area contributed by atoms with Crippen molar-refractivity contribution >= 4 is 19.7 Å². The summed E-state index contributed by atoms with van der Waals surface area (Å²) in [5.41, 5.74) is 1.08. The van der Waals surface area contributed by atoms with E-state index in [1.54, 1.807) is 0 Å². The van der Waals surface area contributed by atoms with Crippen LogP contribution in [-0.4, -0.2) is 13.4 Å². The third kappa shape index (κ3) is 3.51. The van der Waals surface area contributed by atoms with E-state index >= 15 is 0 Å². The molecule has 0 amide bonds. The van der Waals surface area contributed by atoms with Gasteiger partial charge >= 0.3 is 6.18 Å². The Labute approximate surface area is 108 Å². The highest BCUT2D eigenvalue weighted by molar-refractivity contribution is 8.13. The largest absolute Gasteiger partial charge is 0.433 e. The number of hydrogen-bond acceptors (Lipinski definition) is 4. The van der Waals surface area contributed by atoms with Crippen LogP contribution in [0.15, 0.2) is 11.1 Å². The highest BCUT2D eigenvalue weighted by atomic mass is 35.7. The maximum Gasteiger partial charge on any atom is 0.433 e. The average molecular weight is 325 g/mol. The van der Waals surface area contributed by atoms with E-state index in [4.69, 9.17) is 16.4 Å². The van der Waals surface area contributed by atoms with Gasteiger partial charge in [0.05, 0.1) is 0 Å². The van der Waals surface area contributed by atoms with E-state index in [0.29, 0.717) is 0 Å². The lowest BCUT2D eigenvalue weighted by Crippen LogP contribution is -2.18. The highest BCUT2D eigenvalue weighted by Crippen LogP contribution is 2.36. The fraction of sp³-hybridized carbons (Fsp3) is 0.375. The second kappa shape index (κ2) is 5.17. The Balaban J connectivity index is 3.75. The van der Waals surface area contributed by atoms with Crippen molar-refractivity contribution in [3.63, 3.8) is 0 Å². The third-order valence-electron chi connectivity index (χ3n) is 2.09. The minimum absolute atomic E-state index is 0.282. The molecule has 1 heterocycles. The smallest absolute Gasteiger partial charge is 0.326 e. The SMILES string of the molecule is NCc1c(C(F)F)cc(S(=O)(=O)Cl)nc1C(F)(F)F. The summed E-state index contributed by atoms with van der Waals surface area (Å²) in [6, 6.07) is 0.282. The molecule has 0 bridgehead atoms. The van der Waals surface area contributed by atoms with Crippen molar-refractivity contribution in [3.05, 3.63) is 22.9 Å². The fourth-order valence-corrected chi connectivity index (χ4v) is 2.04. The molecule has 0 aliphatic heterocycles. The summed E-state index contributed by atoms with van der Waals surface area (Å²) in [6.07, 6.45) is -8.48. The summed E-state index contributed by atoms with van der Waals surface area (Å²) >= 11 is 0. The van der Waals surface area contributed by atoms with Crippen LogP contribution >= 0.6 is 10.7 Å². The zero-order valence-electron chi connectivity index (χ0n) is 8.88. The number of aromatic nitrogens is 1. The molecule has 19 heavy (non-hydrogen) atoms. The summed E-state index contributed by atoms with van der Waals surface area (Å²) in [4.78, 5) is 2.77.